The smallest absolute Gasteiger partial charge is 0.148 e. The van der Waals surface area contributed by atoms with Crippen LogP contribution < -0.4 is 10.1 Å². The fourth-order valence-corrected chi connectivity index (χ4v) is 5.37. The van der Waals surface area contributed by atoms with E-state index in [0.29, 0.717) is 39.0 Å². The van der Waals surface area contributed by atoms with Gasteiger partial charge in [-0.3, -0.25) is 9.67 Å². The minimum Gasteiger partial charge on any atom is -0.456 e. The van der Waals surface area contributed by atoms with Gasteiger partial charge in [0.05, 0.1) is 40.7 Å². The summed E-state index contributed by atoms with van der Waals surface area (Å²) in [5, 5.41) is 8.41. The molecule has 1 aliphatic heterocycles. The Hall–Kier alpha value is -3.49. The summed E-state index contributed by atoms with van der Waals surface area (Å²) < 4.78 is 8.14. The number of aromatic nitrogens is 6. The molecule has 34 heavy (non-hydrogen) atoms. The van der Waals surface area contributed by atoms with Gasteiger partial charge in [-0.1, -0.05) is 11.6 Å². The van der Waals surface area contributed by atoms with Crippen molar-refractivity contribution in [2.24, 2.45) is 5.41 Å². The molecule has 0 amide bonds. The average molecular weight is 472 g/mol. The molecule has 1 aliphatic carbocycles. The molecule has 1 saturated heterocycles. The van der Waals surface area contributed by atoms with E-state index in [0.717, 1.165) is 41.2 Å². The van der Waals surface area contributed by atoms with Gasteiger partial charge in [0.15, 0.2) is 0 Å². The normalized spacial score (nSPS) is 17.2. The van der Waals surface area contributed by atoms with Crippen molar-refractivity contribution in [3.05, 3.63) is 59.8 Å². The number of H-pyrrole nitrogens is 1. The third kappa shape index (κ3) is 3.17. The van der Waals surface area contributed by atoms with Crippen molar-refractivity contribution < 1.29 is 4.74 Å². The third-order valence-corrected chi connectivity index (χ3v) is 7.39. The van der Waals surface area contributed by atoms with Crippen LogP contribution in [0.15, 0.2) is 48.9 Å². The molecule has 0 radical (unpaired) electrons. The van der Waals surface area contributed by atoms with E-state index in [2.05, 4.69) is 36.2 Å². The van der Waals surface area contributed by atoms with E-state index in [4.69, 9.17) is 21.3 Å². The number of ether oxygens (including phenoxy) is 1. The lowest BCUT2D eigenvalue weighted by molar-refractivity contribution is 0.00238. The molecule has 2 fully saturated rings. The monoisotopic (exact) mass is 471 g/mol. The standard InChI is InChI=1S/C25H22ClN7O/c1-14-30-18-3-2-17(6-20(18)31-14)34-22-5-4-19-24(23(22)26)28-10-21(32-19)15-9-29-33(11-15)16-7-25(8-16)12-27-13-25/h2-6,9-11,16,27H,7-8,12-13H2,1H3,(H,30,31). The number of hydrogen-bond donors (Lipinski definition) is 2. The van der Waals surface area contributed by atoms with E-state index >= 15 is 0 Å². The molecule has 2 aromatic carbocycles. The second-order valence-corrected chi connectivity index (χ2v) is 9.86. The first-order valence-electron chi connectivity index (χ1n) is 11.4. The van der Waals surface area contributed by atoms with Gasteiger partial charge in [-0.25, -0.2) is 9.97 Å². The largest absolute Gasteiger partial charge is 0.456 e. The maximum Gasteiger partial charge on any atom is 0.148 e. The van der Waals surface area contributed by atoms with Crippen molar-refractivity contribution in [2.75, 3.05) is 13.1 Å². The van der Waals surface area contributed by atoms with Gasteiger partial charge < -0.3 is 15.0 Å². The van der Waals surface area contributed by atoms with Gasteiger partial charge in [0.25, 0.3) is 0 Å². The first-order valence-corrected chi connectivity index (χ1v) is 11.8. The SMILES string of the molecule is Cc1nc2ccc(Oc3ccc4nc(-c5cnn(C6CC7(CNC7)C6)c5)cnc4c3Cl)cc2[nH]1. The van der Waals surface area contributed by atoms with Crippen molar-refractivity contribution in [1.82, 2.24) is 35.0 Å². The molecular formula is C25H22ClN7O. The van der Waals surface area contributed by atoms with Gasteiger partial charge in [0, 0.05) is 30.9 Å². The number of aryl methyl sites for hydroxylation is 1. The molecule has 9 heteroatoms. The summed E-state index contributed by atoms with van der Waals surface area (Å²) in [6.07, 6.45) is 8.07. The summed E-state index contributed by atoms with van der Waals surface area (Å²) >= 11 is 6.66. The molecule has 1 saturated carbocycles. The Morgan fingerprint density at radius 1 is 1.09 bits per heavy atom. The molecule has 1 spiro atoms. The van der Waals surface area contributed by atoms with Crippen LogP contribution in [-0.2, 0) is 0 Å². The molecule has 8 nitrogen and oxygen atoms in total. The number of imidazole rings is 1. The van der Waals surface area contributed by atoms with Crippen LogP contribution in [0.25, 0.3) is 33.3 Å². The summed E-state index contributed by atoms with van der Waals surface area (Å²) in [6, 6.07) is 9.89. The number of aromatic amines is 1. The Morgan fingerprint density at radius 3 is 2.76 bits per heavy atom. The second kappa shape index (κ2) is 7.25. The van der Waals surface area contributed by atoms with E-state index in [1.165, 1.54) is 12.8 Å². The van der Waals surface area contributed by atoms with Crippen LogP contribution in [0.2, 0.25) is 5.02 Å². The van der Waals surface area contributed by atoms with E-state index < -0.39 is 0 Å². The van der Waals surface area contributed by atoms with E-state index in [1.807, 2.05) is 43.5 Å². The molecule has 0 bridgehead atoms. The number of fused-ring (bicyclic) bond motifs is 2. The number of halogens is 1. The molecule has 3 aromatic heterocycles. The van der Waals surface area contributed by atoms with E-state index in [9.17, 15) is 0 Å². The number of nitrogens with one attached hydrogen (secondary N) is 2. The summed E-state index contributed by atoms with van der Waals surface area (Å²) in [6.45, 7) is 4.20. The summed E-state index contributed by atoms with van der Waals surface area (Å²) in [5.41, 5.74) is 5.38. The first kappa shape index (κ1) is 19.9. The van der Waals surface area contributed by atoms with Crippen LogP contribution in [0.4, 0.5) is 0 Å². The number of benzene rings is 2. The van der Waals surface area contributed by atoms with Crippen molar-refractivity contribution in [1.29, 1.82) is 0 Å². The van der Waals surface area contributed by atoms with Gasteiger partial charge in [-0.15, -0.1) is 0 Å². The highest BCUT2D eigenvalue weighted by Crippen LogP contribution is 2.50. The molecule has 0 unspecified atom stereocenters. The van der Waals surface area contributed by atoms with Gasteiger partial charge >= 0.3 is 0 Å². The highest BCUT2D eigenvalue weighted by molar-refractivity contribution is 6.36. The zero-order chi connectivity index (χ0) is 22.9. The van der Waals surface area contributed by atoms with Gasteiger partial charge in [0.2, 0.25) is 0 Å². The van der Waals surface area contributed by atoms with Crippen LogP contribution in [-0.4, -0.2) is 42.8 Å². The van der Waals surface area contributed by atoms with Gasteiger partial charge in [0.1, 0.15) is 27.9 Å². The molecular weight excluding hydrogens is 450 g/mol. The molecule has 2 aliphatic rings. The summed E-state index contributed by atoms with van der Waals surface area (Å²) in [4.78, 5) is 17.0. The fourth-order valence-electron chi connectivity index (χ4n) is 5.12. The molecule has 4 heterocycles. The minimum atomic E-state index is 0.432. The molecule has 170 valence electrons. The molecule has 2 N–H and O–H groups in total. The Morgan fingerprint density at radius 2 is 1.94 bits per heavy atom. The summed E-state index contributed by atoms with van der Waals surface area (Å²) in [5.74, 6) is 2.06. The highest BCUT2D eigenvalue weighted by Gasteiger charge is 2.49. The zero-order valence-corrected chi connectivity index (χ0v) is 19.3. The highest BCUT2D eigenvalue weighted by atomic mass is 35.5. The van der Waals surface area contributed by atoms with Gasteiger partial charge in [-0.2, -0.15) is 5.10 Å². The predicted octanol–water partition coefficient (Wildman–Crippen LogP) is 5.05. The van der Waals surface area contributed by atoms with Crippen molar-refractivity contribution in [3.63, 3.8) is 0 Å². The first-order chi connectivity index (χ1) is 16.6. The Balaban J connectivity index is 1.14. The average Bonchev–Trinajstić information content (AvgIpc) is 3.39. The maximum atomic E-state index is 6.66. The van der Waals surface area contributed by atoms with Crippen LogP contribution in [0, 0.1) is 12.3 Å². The lowest BCUT2D eigenvalue weighted by Gasteiger charge is -2.54. The predicted molar refractivity (Wildman–Crippen MR) is 130 cm³/mol. The van der Waals surface area contributed by atoms with Crippen molar-refractivity contribution in [3.8, 4) is 22.8 Å². The second-order valence-electron chi connectivity index (χ2n) is 9.48. The van der Waals surface area contributed by atoms with Crippen LogP contribution in [0.5, 0.6) is 11.5 Å². The van der Waals surface area contributed by atoms with Crippen molar-refractivity contribution in [2.45, 2.75) is 25.8 Å². The number of hydrogen-bond acceptors (Lipinski definition) is 6. The topological polar surface area (TPSA) is 93.5 Å². The van der Waals surface area contributed by atoms with E-state index in [1.54, 1.807) is 6.20 Å². The van der Waals surface area contributed by atoms with Gasteiger partial charge in [-0.05, 0) is 49.4 Å². The summed E-state index contributed by atoms with van der Waals surface area (Å²) in [7, 11) is 0. The molecule has 5 aromatic rings. The van der Waals surface area contributed by atoms with Crippen molar-refractivity contribution >= 4 is 33.7 Å². The molecule has 7 rings (SSSR count). The van der Waals surface area contributed by atoms with Crippen LogP contribution in [0.1, 0.15) is 24.7 Å². The molecule has 0 atom stereocenters. The van der Waals surface area contributed by atoms with E-state index in [-0.39, 0.29) is 0 Å². The quantitative estimate of drug-likeness (QED) is 0.381. The fraction of sp³-hybridized carbons (Fsp3) is 0.280. The Labute approximate surface area is 200 Å². The minimum absolute atomic E-state index is 0.432. The Bertz CT molecular complexity index is 1560. The number of rotatable bonds is 4. The van der Waals surface area contributed by atoms with Crippen LogP contribution >= 0.6 is 11.6 Å². The third-order valence-electron chi connectivity index (χ3n) is 7.02. The Kier molecular flexibility index (Phi) is 4.25. The van der Waals surface area contributed by atoms with Crippen LogP contribution in [0.3, 0.4) is 0 Å². The maximum absolute atomic E-state index is 6.66. The number of nitrogens with zero attached hydrogens (tertiary/aromatic N) is 5. The zero-order valence-electron chi connectivity index (χ0n) is 18.5. The lowest BCUT2D eigenvalue weighted by atomic mass is 9.62. The lowest BCUT2D eigenvalue weighted by Crippen LogP contribution is -2.60.